The zero-order chi connectivity index (χ0) is 13.1. The maximum Gasteiger partial charge on any atom is 0.223 e. The number of nitrogens with two attached hydrogens (primary N) is 1. The lowest BCUT2D eigenvalue weighted by Crippen LogP contribution is -2.01. The van der Waals surface area contributed by atoms with E-state index in [9.17, 15) is 0 Å². The second kappa shape index (κ2) is 5.82. The van der Waals surface area contributed by atoms with Crippen LogP contribution in [-0.4, -0.2) is 4.98 Å². The summed E-state index contributed by atoms with van der Waals surface area (Å²) in [6.45, 7) is 2.37. The van der Waals surface area contributed by atoms with Crippen molar-refractivity contribution < 1.29 is 4.74 Å². The highest BCUT2D eigenvalue weighted by Gasteiger charge is 2.08. The number of rotatable bonds is 3. The molecule has 5 heteroatoms. The number of halogens is 2. The van der Waals surface area contributed by atoms with Crippen molar-refractivity contribution in [2.75, 3.05) is 0 Å². The molecule has 2 N–H and O–H groups in total. The van der Waals surface area contributed by atoms with Gasteiger partial charge in [-0.3, -0.25) is 0 Å². The molecular weight excluding hydrogens is 360 g/mol. The van der Waals surface area contributed by atoms with Gasteiger partial charge in [-0.15, -0.1) is 0 Å². The molecule has 1 aromatic heterocycles. The molecule has 0 amide bonds. The molecule has 0 unspecified atom stereocenters. The molecule has 18 heavy (non-hydrogen) atoms. The minimum Gasteiger partial charge on any atom is -0.438 e. The van der Waals surface area contributed by atoms with Gasteiger partial charge in [-0.25, -0.2) is 4.98 Å². The third-order valence-electron chi connectivity index (χ3n) is 2.47. The summed E-state index contributed by atoms with van der Waals surface area (Å²) < 4.78 is 7.68. The van der Waals surface area contributed by atoms with E-state index in [0.717, 1.165) is 25.8 Å². The van der Waals surface area contributed by atoms with Gasteiger partial charge in [0.05, 0.1) is 0 Å². The molecule has 0 bridgehead atoms. The Labute approximate surface area is 123 Å². The Morgan fingerprint density at radius 1 is 1.22 bits per heavy atom. The van der Waals surface area contributed by atoms with Crippen LogP contribution in [-0.2, 0) is 6.54 Å². The van der Waals surface area contributed by atoms with E-state index in [0.29, 0.717) is 12.4 Å². The van der Waals surface area contributed by atoms with Gasteiger partial charge in [-0.1, -0.05) is 22.0 Å². The highest BCUT2D eigenvalue weighted by atomic mass is 79.9. The summed E-state index contributed by atoms with van der Waals surface area (Å²) in [4.78, 5) is 4.25. The lowest BCUT2D eigenvalue weighted by molar-refractivity contribution is 0.452. The monoisotopic (exact) mass is 370 g/mol. The van der Waals surface area contributed by atoms with Crippen molar-refractivity contribution >= 4 is 31.9 Å². The topological polar surface area (TPSA) is 48.1 Å². The fourth-order valence-electron chi connectivity index (χ4n) is 1.49. The maximum atomic E-state index is 5.83. The van der Waals surface area contributed by atoms with Gasteiger partial charge in [0.25, 0.3) is 0 Å². The van der Waals surface area contributed by atoms with Crippen LogP contribution in [0.25, 0.3) is 0 Å². The van der Waals surface area contributed by atoms with Gasteiger partial charge in [0, 0.05) is 27.3 Å². The number of pyridine rings is 1. The van der Waals surface area contributed by atoms with E-state index in [1.807, 2.05) is 31.2 Å². The lowest BCUT2D eigenvalue weighted by Gasteiger charge is -2.11. The lowest BCUT2D eigenvalue weighted by atomic mass is 10.2. The van der Waals surface area contributed by atoms with Gasteiger partial charge in [0.1, 0.15) is 5.75 Å². The molecule has 3 nitrogen and oxygen atoms in total. The van der Waals surface area contributed by atoms with E-state index in [-0.39, 0.29) is 0 Å². The van der Waals surface area contributed by atoms with Gasteiger partial charge in [-0.05, 0) is 46.6 Å². The summed E-state index contributed by atoms with van der Waals surface area (Å²) in [6, 6.07) is 7.79. The molecule has 94 valence electrons. The van der Waals surface area contributed by atoms with E-state index in [4.69, 9.17) is 10.5 Å². The summed E-state index contributed by atoms with van der Waals surface area (Å²) >= 11 is 6.79. The van der Waals surface area contributed by atoms with Crippen LogP contribution in [0.3, 0.4) is 0 Å². The number of aromatic nitrogens is 1. The van der Waals surface area contributed by atoms with Gasteiger partial charge >= 0.3 is 0 Å². The Hall–Kier alpha value is -0.910. The molecule has 0 spiro atoms. The van der Waals surface area contributed by atoms with Crippen molar-refractivity contribution in [2.24, 2.45) is 5.73 Å². The number of benzene rings is 1. The SMILES string of the molecule is Cc1ccc(Br)cc1Oc1ncc(Br)cc1CN. The van der Waals surface area contributed by atoms with Crippen molar-refractivity contribution in [1.82, 2.24) is 4.98 Å². The molecule has 0 saturated carbocycles. The zero-order valence-corrected chi connectivity index (χ0v) is 13.0. The smallest absolute Gasteiger partial charge is 0.223 e. The molecule has 1 aromatic carbocycles. The minimum atomic E-state index is 0.384. The molecule has 0 aliphatic rings. The molecule has 0 atom stereocenters. The molecule has 0 saturated heterocycles. The van der Waals surface area contributed by atoms with Crippen LogP contribution in [0.5, 0.6) is 11.6 Å². The van der Waals surface area contributed by atoms with Gasteiger partial charge in [0.2, 0.25) is 5.88 Å². The molecule has 1 heterocycles. The molecular formula is C13H12Br2N2O. The quantitative estimate of drug-likeness (QED) is 0.880. The van der Waals surface area contributed by atoms with Crippen molar-refractivity contribution in [3.63, 3.8) is 0 Å². The van der Waals surface area contributed by atoms with E-state index < -0.39 is 0 Å². The van der Waals surface area contributed by atoms with Crippen LogP contribution >= 0.6 is 31.9 Å². The highest BCUT2D eigenvalue weighted by molar-refractivity contribution is 9.10. The third-order valence-corrected chi connectivity index (χ3v) is 3.40. The molecule has 2 rings (SSSR count). The standard InChI is InChI=1S/C13H12Br2N2O/c1-8-2-3-10(14)5-12(8)18-13-9(6-16)4-11(15)7-17-13/h2-5,7H,6,16H2,1H3. The zero-order valence-electron chi connectivity index (χ0n) is 9.78. The summed E-state index contributed by atoms with van der Waals surface area (Å²) in [5, 5.41) is 0. The molecule has 2 aromatic rings. The largest absolute Gasteiger partial charge is 0.438 e. The second-order valence-corrected chi connectivity index (χ2v) is 5.67. The summed E-state index contributed by atoms with van der Waals surface area (Å²) in [7, 11) is 0. The number of hydrogen-bond donors (Lipinski definition) is 1. The van der Waals surface area contributed by atoms with Gasteiger partial charge in [-0.2, -0.15) is 0 Å². The van der Waals surface area contributed by atoms with Crippen LogP contribution in [0.15, 0.2) is 39.4 Å². The van der Waals surface area contributed by atoms with Crippen LogP contribution in [0.2, 0.25) is 0 Å². The molecule has 0 aliphatic heterocycles. The van der Waals surface area contributed by atoms with E-state index in [1.165, 1.54) is 0 Å². The molecule has 0 aliphatic carbocycles. The Kier molecular flexibility index (Phi) is 4.37. The minimum absolute atomic E-state index is 0.384. The van der Waals surface area contributed by atoms with Crippen LogP contribution in [0.1, 0.15) is 11.1 Å². The predicted molar refractivity (Wildman–Crippen MR) is 78.8 cm³/mol. The van der Waals surface area contributed by atoms with Gasteiger partial charge < -0.3 is 10.5 Å². The van der Waals surface area contributed by atoms with Crippen molar-refractivity contribution in [3.05, 3.63) is 50.5 Å². The third kappa shape index (κ3) is 3.10. The Balaban J connectivity index is 2.36. The first-order valence-corrected chi connectivity index (χ1v) is 6.97. The predicted octanol–water partition coefficient (Wildman–Crippen LogP) is 4.17. The van der Waals surface area contributed by atoms with Crippen molar-refractivity contribution in [1.29, 1.82) is 0 Å². The Morgan fingerprint density at radius 2 is 2.00 bits per heavy atom. The first-order chi connectivity index (χ1) is 8.60. The number of nitrogens with zero attached hydrogens (tertiary/aromatic N) is 1. The average molecular weight is 372 g/mol. The number of ether oxygens (including phenoxy) is 1. The summed E-state index contributed by atoms with van der Waals surface area (Å²) in [5.41, 5.74) is 7.60. The number of aryl methyl sites for hydroxylation is 1. The fourth-order valence-corrected chi connectivity index (χ4v) is 2.21. The van der Waals surface area contributed by atoms with E-state index in [1.54, 1.807) is 6.20 Å². The van der Waals surface area contributed by atoms with Crippen LogP contribution < -0.4 is 10.5 Å². The van der Waals surface area contributed by atoms with E-state index >= 15 is 0 Å². The Morgan fingerprint density at radius 3 is 2.72 bits per heavy atom. The summed E-state index contributed by atoms with van der Waals surface area (Å²) in [5.74, 6) is 1.32. The van der Waals surface area contributed by atoms with Crippen LogP contribution in [0.4, 0.5) is 0 Å². The summed E-state index contributed by atoms with van der Waals surface area (Å²) in [6.07, 6.45) is 1.70. The highest BCUT2D eigenvalue weighted by Crippen LogP contribution is 2.29. The van der Waals surface area contributed by atoms with E-state index in [2.05, 4.69) is 36.8 Å². The van der Waals surface area contributed by atoms with Crippen molar-refractivity contribution in [2.45, 2.75) is 13.5 Å². The second-order valence-electron chi connectivity index (χ2n) is 3.83. The molecule has 0 fully saturated rings. The maximum absolute atomic E-state index is 5.83. The van der Waals surface area contributed by atoms with Crippen LogP contribution in [0, 0.1) is 6.92 Å². The normalized spacial score (nSPS) is 10.4. The number of hydrogen-bond acceptors (Lipinski definition) is 3. The van der Waals surface area contributed by atoms with Gasteiger partial charge in [0.15, 0.2) is 0 Å². The Bertz CT molecular complexity index is 573. The first kappa shape index (κ1) is 13.5. The average Bonchev–Trinajstić information content (AvgIpc) is 2.36. The van der Waals surface area contributed by atoms with Crippen molar-refractivity contribution in [3.8, 4) is 11.6 Å². The molecule has 0 radical (unpaired) electrons. The first-order valence-electron chi connectivity index (χ1n) is 5.38. The fraction of sp³-hybridized carbons (Fsp3) is 0.154.